The van der Waals surface area contributed by atoms with Gasteiger partial charge in [0.25, 0.3) is 0 Å². The van der Waals surface area contributed by atoms with E-state index in [0.717, 1.165) is 18.5 Å². The maximum absolute atomic E-state index is 13.2. The van der Waals surface area contributed by atoms with Gasteiger partial charge in [-0.25, -0.2) is 4.39 Å². The molecule has 1 aromatic rings. The topological polar surface area (TPSA) is 24.1 Å². The minimum Gasteiger partial charge on any atom is -0.312 e. The molecular formula is C13H19FN2. The molecule has 0 amide bonds. The highest BCUT2D eigenvalue weighted by Gasteiger charge is 2.23. The summed E-state index contributed by atoms with van der Waals surface area (Å²) in [6, 6.07) is 7.50. The number of benzene rings is 1. The Kier molecular flexibility index (Phi) is 3.91. The zero-order valence-corrected chi connectivity index (χ0v) is 9.67. The van der Waals surface area contributed by atoms with Crippen LogP contribution in [0.15, 0.2) is 24.3 Å². The normalized spacial score (nSPS) is 23.0. The van der Waals surface area contributed by atoms with Gasteiger partial charge in [0.05, 0.1) is 0 Å². The molecular weight excluding hydrogens is 203 g/mol. The number of piperidine rings is 1. The van der Waals surface area contributed by atoms with Gasteiger partial charge in [-0.05, 0) is 44.1 Å². The Hall–Kier alpha value is -0.930. The lowest BCUT2D eigenvalue weighted by molar-refractivity contribution is 0.326. The molecule has 1 aliphatic rings. The van der Waals surface area contributed by atoms with Crippen molar-refractivity contribution in [2.45, 2.75) is 31.3 Å². The Morgan fingerprint density at radius 1 is 1.44 bits per heavy atom. The summed E-state index contributed by atoms with van der Waals surface area (Å²) >= 11 is 0. The lowest BCUT2D eigenvalue weighted by atomic mass is 9.93. The molecule has 1 saturated heterocycles. The highest BCUT2D eigenvalue weighted by molar-refractivity contribution is 5.22. The van der Waals surface area contributed by atoms with Crippen molar-refractivity contribution in [3.63, 3.8) is 0 Å². The van der Waals surface area contributed by atoms with E-state index in [0.29, 0.717) is 6.04 Å². The van der Waals surface area contributed by atoms with E-state index in [1.807, 2.05) is 13.1 Å². The molecule has 0 radical (unpaired) electrons. The third kappa shape index (κ3) is 2.60. The molecule has 0 spiro atoms. The Morgan fingerprint density at radius 3 is 2.94 bits per heavy atom. The lowest BCUT2D eigenvalue weighted by Crippen LogP contribution is -2.43. The summed E-state index contributed by atoms with van der Waals surface area (Å²) in [6.45, 7) is 1.07. The van der Waals surface area contributed by atoms with Gasteiger partial charge in [0.2, 0.25) is 0 Å². The number of rotatable bonds is 3. The smallest absolute Gasteiger partial charge is 0.123 e. The number of halogens is 1. The second-order valence-corrected chi connectivity index (χ2v) is 4.38. The molecule has 3 heteroatoms. The van der Waals surface area contributed by atoms with Crippen LogP contribution < -0.4 is 10.6 Å². The standard InChI is InChI=1S/C13H19FN2/c1-15-13(12-7-2-3-8-16-12)10-5-4-6-11(14)9-10/h4-6,9,12-13,15-16H,2-3,7-8H2,1H3. The molecule has 1 aromatic carbocycles. The zero-order valence-electron chi connectivity index (χ0n) is 9.67. The number of hydrogen-bond donors (Lipinski definition) is 2. The highest BCUT2D eigenvalue weighted by Crippen LogP contribution is 2.23. The van der Waals surface area contributed by atoms with E-state index in [1.54, 1.807) is 12.1 Å². The number of nitrogens with one attached hydrogen (secondary N) is 2. The predicted octanol–water partition coefficient (Wildman–Crippen LogP) is 2.23. The van der Waals surface area contributed by atoms with Crippen molar-refractivity contribution in [3.8, 4) is 0 Å². The first-order valence-electron chi connectivity index (χ1n) is 5.97. The van der Waals surface area contributed by atoms with E-state index < -0.39 is 0 Å². The monoisotopic (exact) mass is 222 g/mol. The first-order chi connectivity index (χ1) is 7.81. The fourth-order valence-corrected chi connectivity index (χ4v) is 2.46. The molecule has 1 fully saturated rings. The zero-order chi connectivity index (χ0) is 11.4. The molecule has 1 heterocycles. The summed E-state index contributed by atoms with van der Waals surface area (Å²) in [7, 11) is 1.94. The van der Waals surface area contributed by atoms with Crippen LogP contribution in [0.3, 0.4) is 0 Å². The average molecular weight is 222 g/mol. The van der Waals surface area contributed by atoms with Crippen molar-refractivity contribution >= 4 is 0 Å². The van der Waals surface area contributed by atoms with Crippen molar-refractivity contribution in [2.24, 2.45) is 0 Å². The maximum Gasteiger partial charge on any atom is 0.123 e. The van der Waals surface area contributed by atoms with E-state index in [4.69, 9.17) is 0 Å². The molecule has 2 unspecified atom stereocenters. The van der Waals surface area contributed by atoms with Gasteiger partial charge in [0, 0.05) is 12.1 Å². The first-order valence-corrected chi connectivity index (χ1v) is 5.97. The van der Waals surface area contributed by atoms with Crippen LogP contribution in [-0.4, -0.2) is 19.6 Å². The van der Waals surface area contributed by atoms with Gasteiger partial charge < -0.3 is 10.6 Å². The van der Waals surface area contributed by atoms with Gasteiger partial charge in [-0.2, -0.15) is 0 Å². The van der Waals surface area contributed by atoms with Crippen molar-refractivity contribution < 1.29 is 4.39 Å². The summed E-state index contributed by atoms with van der Waals surface area (Å²) in [5, 5.41) is 6.79. The number of hydrogen-bond acceptors (Lipinski definition) is 2. The fraction of sp³-hybridized carbons (Fsp3) is 0.538. The summed E-state index contributed by atoms with van der Waals surface area (Å²) in [4.78, 5) is 0. The lowest BCUT2D eigenvalue weighted by Gasteiger charge is -2.31. The molecule has 2 atom stereocenters. The third-order valence-corrected chi connectivity index (χ3v) is 3.27. The van der Waals surface area contributed by atoms with Crippen molar-refractivity contribution in [2.75, 3.05) is 13.6 Å². The van der Waals surface area contributed by atoms with E-state index in [9.17, 15) is 4.39 Å². The number of likely N-dealkylation sites (N-methyl/N-ethyl adjacent to an activating group) is 1. The Labute approximate surface area is 96.2 Å². The van der Waals surface area contributed by atoms with Crippen LogP contribution in [0.4, 0.5) is 4.39 Å². The summed E-state index contributed by atoms with van der Waals surface area (Å²) in [5.41, 5.74) is 1.03. The van der Waals surface area contributed by atoms with E-state index in [1.165, 1.54) is 18.9 Å². The molecule has 1 aliphatic heterocycles. The summed E-state index contributed by atoms with van der Waals surface area (Å²) < 4.78 is 13.2. The van der Waals surface area contributed by atoms with Gasteiger partial charge in [-0.1, -0.05) is 18.6 Å². The van der Waals surface area contributed by atoms with Gasteiger partial charge in [0.15, 0.2) is 0 Å². The Balaban J connectivity index is 2.14. The molecule has 0 saturated carbocycles. The van der Waals surface area contributed by atoms with Crippen molar-refractivity contribution in [1.82, 2.24) is 10.6 Å². The van der Waals surface area contributed by atoms with E-state index in [2.05, 4.69) is 10.6 Å². The van der Waals surface area contributed by atoms with Crippen LogP contribution in [0.2, 0.25) is 0 Å². The minimum atomic E-state index is -0.159. The first kappa shape index (κ1) is 11.6. The second-order valence-electron chi connectivity index (χ2n) is 4.38. The van der Waals surface area contributed by atoms with Crippen LogP contribution in [0.1, 0.15) is 30.9 Å². The van der Waals surface area contributed by atoms with Gasteiger partial charge in [0.1, 0.15) is 5.82 Å². The highest BCUT2D eigenvalue weighted by atomic mass is 19.1. The average Bonchev–Trinajstić information content (AvgIpc) is 2.31. The molecule has 0 aliphatic carbocycles. The summed E-state index contributed by atoms with van der Waals surface area (Å²) in [6.07, 6.45) is 3.66. The molecule has 88 valence electrons. The van der Waals surface area contributed by atoms with Gasteiger partial charge in [-0.3, -0.25) is 0 Å². The van der Waals surface area contributed by atoms with Crippen molar-refractivity contribution in [3.05, 3.63) is 35.6 Å². The summed E-state index contributed by atoms with van der Waals surface area (Å²) in [5.74, 6) is -0.159. The quantitative estimate of drug-likeness (QED) is 0.819. The molecule has 0 bridgehead atoms. The fourth-order valence-electron chi connectivity index (χ4n) is 2.46. The molecule has 2 N–H and O–H groups in total. The maximum atomic E-state index is 13.2. The van der Waals surface area contributed by atoms with Crippen LogP contribution >= 0.6 is 0 Å². The van der Waals surface area contributed by atoms with Gasteiger partial charge >= 0.3 is 0 Å². The molecule has 16 heavy (non-hydrogen) atoms. The van der Waals surface area contributed by atoms with Crippen LogP contribution in [0.25, 0.3) is 0 Å². The molecule has 2 nitrogen and oxygen atoms in total. The van der Waals surface area contributed by atoms with E-state index >= 15 is 0 Å². The Morgan fingerprint density at radius 2 is 2.31 bits per heavy atom. The van der Waals surface area contributed by atoms with Gasteiger partial charge in [-0.15, -0.1) is 0 Å². The van der Waals surface area contributed by atoms with Crippen molar-refractivity contribution in [1.29, 1.82) is 0 Å². The molecule has 2 rings (SSSR count). The van der Waals surface area contributed by atoms with Crippen LogP contribution in [-0.2, 0) is 0 Å². The second kappa shape index (κ2) is 5.41. The van der Waals surface area contributed by atoms with Crippen LogP contribution in [0.5, 0.6) is 0 Å². The largest absolute Gasteiger partial charge is 0.312 e. The SMILES string of the molecule is CNC(c1cccc(F)c1)C1CCCCN1. The predicted molar refractivity (Wildman–Crippen MR) is 63.8 cm³/mol. The minimum absolute atomic E-state index is 0.159. The van der Waals surface area contributed by atoms with Crippen LogP contribution in [0, 0.1) is 5.82 Å². The van der Waals surface area contributed by atoms with E-state index in [-0.39, 0.29) is 11.9 Å². The third-order valence-electron chi connectivity index (χ3n) is 3.27. The molecule has 0 aromatic heterocycles. The Bertz CT molecular complexity index is 334.